The number of amides is 2. The summed E-state index contributed by atoms with van der Waals surface area (Å²) in [6.45, 7) is 9.12. The quantitative estimate of drug-likeness (QED) is 0.373. The van der Waals surface area contributed by atoms with E-state index in [4.69, 9.17) is 4.74 Å². The number of ether oxygens (including phenoxy) is 1. The van der Waals surface area contributed by atoms with Crippen molar-refractivity contribution in [1.29, 1.82) is 0 Å². The van der Waals surface area contributed by atoms with Crippen LogP contribution >= 0.6 is 0 Å². The van der Waals surface area contributed by atoms with E-state index in [1.807, 2.05) is 26.0 Å². The van der Waals surface area contributed by atoms with Crippen LogP contribution in [0.2, 0.25) is 0 Å². The van der Waals surface area contributed by atoms with Gasteiger partial charge in [0, 0.05) is 25.9 Å². The van der Waals surface area contributed by atoms with Gasteiger partial charge in [-0.2, -0.15) is 0 Å². The Bertz CT molecular complexity index is 448. The molecule has 0 saturated carbocycles. The van der Waals surface area contributed by atoms with Crippen molar-refractivity contribution >= 4 is 11.8 Å². The molecule has 1 rings (SSSR count). The number of nitrogens with one attached hydrogen (secondary N) is 2. The van der Waals surface area contributed by atoms with Crippen LogP contribution < -0.4 is 10.6 Å². The lowest BCUT2D eigenvalue weighted by Crippen LogP contribution is -2.27. The molecule has 0 aromatic heterocycles. The average Bonchev–Trinajstić information content (AvgIpc) is 3.34. The highest BCUT2D eigenvalue weighted by Crippen LogP contribution is 2.28. The van der Waals surface area contributed by atoms with Crippen molar-refractivity contribution in [2.75, 3.05) is 13.1 Å². The molecule has 2 amide bonds. The second-order valence-corrected chi connectivity index (χ2v) is 6.60. The van der Waals surface area contributed by atoms with Crippen LogP contribution in [0.3, 0.4) is 0 Å². The molecular weight excluding hydrogens is 316 g/mol. The van der Waals surface area contributed by atoms with Gasteiger partial charge in [0.1, 0.15) is 6.10 Å². The first kappa shape index (κ1) is 21.4. The van der Waals surface area contributed by atoms with Gasteiger partial charge < -0.3 is 15.4 Å². The summed E-state index contributed by atoms with van der Waals surface area (Å²) < 4.78 is 5.62. The van der Waals surface area contributed by atoms with E-state index in [-0.39, 0.29) is 24.0 Å². The lowest BCUT2D eigenvalue weighted by Gasteiger charge is -2.08. The summed E-state index contributed by atoms with van der Waals surface area (Å²) in [7, 11) is 0. The minimum absolute atomic E-state index is 0.107. The van der Waals surface area contributed by atoms with Crippen molar-refractivity contribution in [3.05, 3.63) is 24.8 Å². The monoisotopic (exact) mass is 350 g/mol. The molecule has 1 fully saturated rings. The second-order valence-electron chi connectivity index (χ2n) is 6.60. The highest BCUT2D eigenvalue weighted by atomic mass is 16.6. The summed E-state index contributed by atoms with van der Waals surface area (Å²) >= 11 is 0. The zero-order chi connectivity index (χ0) is 18.5. The molecule has 25 heavy (non-hydrogen) atoms. The van der Waals surface area contributed by atoms with E-state index < -0.39 is 0 Å². The molecule has 0 aromatic rings. The van der Waals surface area contributed by atoms with E-state index in [0.717, 1.165) is 32.1 Å². The molecule has 0 aromatic carbocycles. The molecule has 142 valence electrons. The van der Waals surface area contributed by atoms with E-state index >= 15 is 0 Å². The van der Waals surface area contributed by atoms with Gasteiger partial charge in [-0.05, 0) is 38.0 Å². The SMILES string of the molecule is C=CC(C/C=C/CNC(=O)CCC)CCC1OC1CNC(=O)CCC. The number of epoxide rings is 1. The molecule has 1 saturated heterocycles. The number of hydrogen-bond donors (Lipinski definition) is 2. The molecule has 5 heteroatoms. The van der Waals surface area contributed by atoms with Crippen LogP contribution in [-0.4, -0.2) is 37.1 Å². The van der Waals surface area contributed by atoms with Crippen molar-refractivity contribution in [2.24, 2.45) is 5.92 Å². The Morgan fingerprint density at radius 1 is 1.08 bits per heavy atom. The van der Waals surface area contributed by atoms with Gasteiger partial charge >= 0.3 is 0 Å². The predicted molar refractivity (Wildman–Crippen MR) is 101 cm³/mol. The average molecular weight is 351 g/mol. The molecule has 5 nitrogen and oxygen atoms in total. The zero-order valence-electron chi connectivity index (χ0n) is 15.8. The Hall–Kier alpha value is -1.62. The van der Waals surface area contributed by atoms with Crippen LogP contribution in [0.1, 0.15) is 58.8 Å². The molecule has 0 aliphatic carbocycles. The molecule has 0 radical (unpaired) electrons. The molecule has 1 aliphatic heterocycles. The van der Waals surface area contributed by atoms with Gasteiger partial charge in [-0.15, -0.1) is 6.58 Å². The predicted octanol–water partition coefficient (Wildman–Crippen LogP) is 3.12. The van der Waals surface area contributed by atoms with Crippen LogP contribution in [0.25, 0.3) is 0 Å². The molecule has 3 unspecified atom stereocenters. The van der Waals surface area contributed by atoms with Gasteiger partial charge in [-0.25, -0.2) is 0 Å². The topological polar surface area (TPSA) is 70.7 Å². The smallest absolute Gasteiger partial charge is 0.220 e. The highest BCUT2D eigenvalue weighted by Gasteiger charge is 2.38. The van der Waals surface area contributed by atoms with Gasteiger partial charge in [0.2, 0.25) is 11.8 Å². The molecule has 0 spiro atoms. The van der Waals surface area contributed by atoms with Crippen LogP contribution in [0.5, 0.6) is 0 Å². The van der Waals surface area contributed by atoms with Gasteiger partial charge in [0.25, 0.3) is 0 Å². The van der Waals surface area contributed by atoms with Crippen LogP contribution in [0, 0.1) is 5.92 Å². The third-order valence-electron chi connectivity index (χ3n) is 4.32. The van der Waals surface area contributed by atoms with E-state index in [2.05, 4.69) is 23.3 Å². The Balaban J connectivity index is 2.09. The first-order valence-electron chi connectivity index (χ1n) is 9.57. The summed E-state index contributed by atoms with van der Waals surface area (Å²) in [4.78, 5) is 22.8. The minimum Gasteiger partial charge on any atom is -0.368 e. The fourth-order valence-corrected chi connectivity index (χ4v) is 2.70. The van der Waals surface area contributed by atoms with E-state index in [0.29, 0.717) is 31.8 Å². The minimum atomic E-state index is 0.107. The van der Waals surface area contributed by atoms with E-state index in [1.165, 1.54) is 0 Å². The lowest BCUT2D eigenvalue weighted by atomic mass is 9.97. The highest BCUT2D eigenvalue weighted by molar-refractivity contribution is 5.76. The number of rotatable bonds is 14. The number of carbonyl (C=O) groups excluding carboxylic acids is 2. The molecule has 2 N–H and O–H groups in total. The molecule has 1 aliphatic rings. The molecule has 1 heterocycles. The second kappa shape index (κ2) is 12.7. The van der Waals surface area contributed by atoms with Crippen molar-refractivity contribution in [3.8, 4) is 0 Å². The first-order valence-corrected chi connectivity index (χ1v) is 9.57. The fourth-order valence-electron chi connectivity index (χ4n) is 2.70. The summed E-state index contributed by atoms with van der Waals surface area (Å²) in [6, 6.07) is 0. The fraction of sp³-hybridized carbons (Fsp3) is 0.700. The third-order valence-corrected chi connectivity index (χ3v) is 4.32. The standard InChI is InChI=1S/C20H34N2O3/c1-4-9-19(23)21-14-8-7-11-16(6-3)12-13-17-18(25-17)15-22-20(24)10-5-2/h6-8,16-18H,3-5,9-15H2,1-2H3,(H,21,23)(H,22,24)/b8-7+. The summed E-state index contributed by atoms with van der Waals surface area (Å²) in [5.41, 5.74) is 0. The third kappa shape index (κ3) is 10.1. The van der Waals surface area contributed by atoms with Crippen molar-refractivity contribution in [2.45, 2.75) is 71.0 Å². The van der Waals surface area contributed by atoms with Gasteiger partial charge in [-0.3, -0.25) is 9.59 Å². The molecular formula is C20H34N2O3. The Labute approximate surface area is 152 Å². The van der Waals surface area contributed by atoms with Gasteiger partial charge in [0.05, 0.1) is 6.10 Å². The first-order chi connectivity index (χ1) is 12.1. The van der Waals surface area contributed by atoms with Crippen molar-refractivity contribution in [3.63, 3.8) is 0 Å². The normalized spacial score (nSPS) is 20.2. The number of hydrogen-bond acceptors (Lipinski definition) is 3. The van der Waals surface area contributed by atoms with Crippen LogP contribution in [-0.2, 0) is 14.3 Å². The zero-order valence-corrected chi connectivity index (χ0v) is 15.8. The Morgan fingerprint density at radius 3 is 2.40 bits per heavy atom. The number of allylic oxidation sites excluding steroid dienone is 2. The Morgan fingerprint density at radius 2 is 1.76 bits per heavy atom. The van der Waals surface area contributed by atoms with Gasteiger partial charge in [-0.1, -0.05) is 32.1 Å². The van der Waals surface area contributed by atoms with Crippen LogP contribution in [0.15, 0.2) is 24.8 Å². The van der Waals surface area contributed by atoms with E-state index in [9.17, 15) is 9.59 Å². The summed E-state index contributed by atoms with van der Waals surface area (Å²) in [5.74, 6) is 0.634. The lowest BCUT2D eigenvalue weighted by molar-refractivity contribution is -0.121. The van der Waals surface area contributed by atoms with Crippen molar-refractivity contribution in [1.82, 2.24) is 10.6 Å². The molecule has 0 bridgehead atoms. The summed E-state index contributed by atoms with van der Waals surface area (Å²) in [6.07, 6.45) is 12.4. The van der Waals surface area contributed by atoms with Crippen LogP contribution in [0.4, 0.5) is 0 Å². The largest absolute Gasteiger partial charge is 0.368 e. The molecule has 3 atom stereocenters. The maximum absolute atomic E-state index is 11.4. The van der Waals surface area contributed by atoms with Crippen molar-refractivity contribution < 1.29 is 14.3 Å². The number of carbonyl (C=O) groups is 2. The Kier molecular flexibility index (Phi) is 10.9. The maximum atomic E-state index is 11.4. The maximum Gasteiger partial charge on any atom is 0.220 e. The summed E-state index contributed by atoms with van der Waals surface area (Å²) in [5, 5.41) is 5.78. The van der Waals surface area contributed by atoms with Gasteiger partial charge in [0.15, 0.2) is 0 Å². The van der Waals surface area contributed by atoms with E-state index in [1.54, 1.807) is 0 Å².